The number of ether oxygens (including phenoxy) is 2. The molecule has 0 aliphatic carbocycles. The molecule has 1 spiro atoms. The quantitative estimate of drug-likeness (QED) is 0.00845. The van der Waals surface area contributed by atoms with Crippen molar-refractivity contribution in [3.05, 3.63) is 112 Å². The summed E-state index contributed by atoms with van der Waals surface area (Å²) in [7, 11) is 3.16. The second kappa shape index (κ2) is 59.3. The lowest BCUT2D eigenvalue weighted by molar-refractivity contribution is -0.136. The van der Waals surface area contributed by atoms with Crippen molar-refractivity contribution in [2.45, 2.75) is 207 Å². The number of primary amides is 2. The van der Waals surface area contributed by atoms with Crippen LogP contribution in [0.25, 0.3) is 0 Å². The summed E-state index contributed by atoms with van der Waals surface area (Å²) in [5.74, 6) is -16.5. The molecule has 0 unspecified atom stereocenters. The van der Waals surface area contributed by atoms with E-state index in [4.69, 9.17) is 93.5 Å². The molecule has 0 fully saturated rings. The molecular formula is C90H138N34O20. The van der Waals surface area contributed by atoms with Crippen molar-refractivity contribution in [2.75, 3.05) is 79.5 Å². The van der Waals surface area contributed by atoms with Gasteiger partial charge in [0.25, 0.3) is 5.91 Å². The summed E-state index contributed by atoms with van der Waals surface area (Å²) >= 11 is 0. The first-order valence-electron chi connectivity index (χ1n) is 46.9. The number of benzene rings is 4. The van der Waals surface area contributed by atoms with Gasteiger partial charge in [0.05, 0.1) is 12.1 Å². The van der Waals surface area contributed by atoms with E-state index in [1.54, 1.807) is 14.1 Å². The smallest absolute Gasteiger partial charge is 0.340 e. The number of amides is 14. The minimum Gasteiger partial charge on any atom is -0.508 e. The summed E-state index contributed by atoms with van der Waals surface area (Å²) in [6.07, 6.45) is -1.99. The zero-order valence-electron chi connectivity index (χ0n) is 80.3. The van der Waals surface area contributed by atoms with Crippen molar-refractivity contribution in [1.29, 1.82) is 32.5 Å². The molecule has 4 aromatic rings. The van der Waals surface area contributed by atoms with Crippen molar-refractivity contribution < 1.29 is 96.7 Å². The molecule has 2 aliphatic rings. The Hall–Kier alpha value is -16.3. The predicted octanol–water partition coefficient (Wildman–Crippen LogP) is -7.11. The van der Waals surface area contributed by atoms with Crippen LogP contribution in [-0.4, -0.2) is 285 Å². The number of hydrogen-bond donors (Lipinski definition) is 36. The predicted molar refractivity (Wildman–Crippen MR) is 527 cm³/mol. The van der Waals surface area contributed by atoms with E-state index >= 15 is 14.4 Å². The molecule has 54 heteroatoms. The van der Waals surface area contributed by atoms with Gasteiger partial charge < -0.3 is 177 Å². The van der Waals surface area contributed by atoms with Gasteiger partial charge in [0.1, 0.15) is 89.2 Å². The number of guanidine groups is 6. The van der Waals surface area contributed by atoms with Gasteiger partial charge >= 0.3 is 5.97 Å². The van der Waals surface area contributed by atoms with Crippen molar-refractivity contribution in [2.24, 2.45) is 51.6 Å². The van der Waals surface area contributed by atoms with Crippen LogP contribution in [0.1, 0.15) is 178 Å². The Bertz CT molecular complexity index is 5150. The molecule has 10 atom stereocenters. The maximum atomic E-state index is 15.1. The summed E-state index contributed by atoms with van der Waals surface area (Å²) in [6, 6.07) is 2.72. The Balaban J connectivity index is 1.22. The monoisotopic (exact) mass is 2020 g/mol. The standard InChI is InChI=1S/C90H138N34O20/c1-124(2)89(105)112-41-12-20-64(81(140)123-65(31-32-69(93)128)82(141)122-63(19-11-40-111-88(103)104)80(139)119-61(17-9-38-109-86(99)100)76(135)116-57(72(94)131)15-7-36-107-84(95)96)121-79(138)62(18-10-39-110-87(101)102)120-78(137)60(14-4-6-35-92)118-77(136)59(13-3-5-34-91)117-75(134)58(16-8-37-108-85(97)98)114-71(130)47-113-74(133)66(43-48-21-24-50(125)25-22-48)115-70(129)33-42-106-73(132)49-23-28-53-56(44-49)90(144-83(53)142)54-29-26-51(126)45-67(54)143-68-46-52(127)27-30-55(68)90/h21-30,44-46,57-66,125-127H,3-20,31-43,47,91-92H2,1-2H3,(H2,93,128)(H2,94,131)(H2,105,112)(H,106,132)(H,113,133)(H,114,130)(H,115,129)(H,116,135)(H,117,134)(H,118,136)(H,119,139)(H,120,137)(H,121,138)(H,122,141)(H,123,140)(H4,95,96,107)(H4,97,98,108)(H4,99,100,109)(H4,101,102,110)(H4,103,104,111)/t57-,58-,59-,60-,61-,62-,63-,64-,65-,66-/m0/s1. The van der Waals surface area contributed by atoms with E-state index in [1.807, 2.05) is 0 Å². The summed E-state index contributed by atoms with van der Waals surface area (Å²) in [4.78, 5) is 215. The average molecular weight is 2020 g/mol. The number of phenols is 3. The van der Waals surface area contributed by atoms with Crippen molar-refractivity contribution >= 4 is 124 Å². The molecular weight excluding hydrogens is 1880 g/mol. The third kappa shape index (κ3) is 39.0. The highest BCUT2D eigenvalue weighted by Gasteiger charge is 2.54. The van der Waals surface area contributed by atoms with Crippen LogP contribution in [-0.2, 0) is 79.1 Å². The van der Waals surface area contributed by atoms with Crippen LogP contribution < -0.4 is 152 Å². The Morgan fingerprint density at radius 1 is 0.354 bits per heavy atom. The number of nitrogens with one attached hydrogen (secondary N) is 24. The van der Waals surface area contributed by atoms with Gasteiger partial charge in [0, 0.05) is 114 Å². The first kappa shape index (κ1) is 116. The molecule has 2 heterocycles. The van der Waals surface area contributed by atoms with E-state index in [0.29, 0.717) is 29.5 Å². The first-order chi connectivity index (χ1) is 68.4. The second-order valence-corrected chi connectivity index (χ2v) is 34.3. The third-order valence-corrected chi connectivity index (χ3v) is 22.8. The maximum absolute atomic E-state index is 15.1. The molecule has 0 saturated carbocycles. The fraction of sp³-hybridized carbons (Fsp3) is 0.500. The zero-order chi connectivity index (χ0) is 106. The van der Waals surface area contributed by atoms with Gasteiger partial charge in [-0.1, -0.05) is 12.1 Å². The molecule has 2 aliphatic heterocycles. The largest absolute Gasteiger partial charge is 0.508 e. The lowest BCUT2D eigenvalue weighted by Gasteiger charge is -2.36. The van der Waals surface area contributed by atoms with Gasteiger partial charge in [-0.3, -0.25) is 99.6 Å². The highest BCUT2D eigenvalue weighted by molar-refractivity contribution is 6.03. The molecule has 14 amide bonds. The molecule has 0 radical (unpaired) electrons. The van der Waals surface area contributed by atoms with Gasteiger partial charge in [0.15, 0.2) is 41.4 Å². The molecule has 144 heavy (non-hydrogen) atoms. The Morgan fingerprint density at radius 3 is 1.07 bits per heavy atom. The SMILES string of the molecule is CN(C)C(=N)NCCC[C@H](NC(=O)[C@H](CCCNC(=N)N)NC(=O)[C@H](CCCCN)NC(=O)[C@H](CCCCN)NC(=O)[C@H](CCCNC(=N)N)NC(=O)CNC(=O)[C@H](Cc1ccc(O)cc1)NC(=O)CCNC(=O)c1ccc2c(c1)C1(OC2=O)c2ccc(O)cc2Oc2cc(O)ccc21)C(=O)N[C@@H](CCC(N)=O)C(=O)N[C@@H](CCCNC(=N)N)C(=O)N[C@@H](CCCNC(=N)N)C(=O)N[C@@H](CCCNC(=N)N)C(N)=O. The number of esters is 1. The van der Waals surface area contributed by atoms with E-state index in [-0.39, 0.29) is 225 Å². The number of hydrogen-bond acceptors (Lipinski definition) is 28. The zero-order valence-corrected chi connectivity index (χ0v) is 80.3. The van der Waals surface area contributed by atoms with E-state index in [2.05, 4.69) is 95.7 Å². The Kier molecular flexibility index (Phi) is 47.9. The van der Waals surface area contributed by atoms with Crippen LogP contribution in [0.2, 0.25) is 0 Å². The highest BCUT2D eigenvalue weighted by Crippen LogP contribution is 2.57. The molecule has 54 nitrogen and oxygen atoms in total. The van der Waals surface area contributed by atoms with Gasteiger partial charge in [-0.25, -0.2) is 4.79 Å². The molecule has 0 saturated heterocycles. The maximum Gasteiger partial charge on any atom is 0.340 e. The molecule has 6 rings (SSSR count). The highest BCUT2D eigenvalue weighted by atomic mass is 16.6. The molecule has 0 bridgehead atoms. The number of unbranched alkanes of at least 4 members (excludes halogenated alkanes) is 2. The summed E-state index contributed by atoms with van der Waals surface area (Å²) in [5.41, 5.74) is 50.4. The molecule has 4 aromatic carbocycles. The van der Waals surface area contributed by atoms with Crippen LogP contribution >= 0.6 is 0 Å². The first-order valence-corrected chi connectivity index (χ1v) is 46.9. The minimum absolute atomic E-state index is 0.00113. The van der Waals surface area contributed by atoms with E-state index in [9.17, 15) is 72.9 Å². The Labute approximate surface area is 830 Å². The minimum atomic E-state index is -1.76. The normalized spacial score (nSPS) is 13.8. The van der Waals surface area contributed by atoms with Crippen LogP contribution in [0.4, 0.5) is 0 Å². The number of aromatic hydroxyl groups is 3. The molecule has 0 aromatic heterocycles. The average Bonchev–Trinajstić information content (AvgIpc) is 1.52. The number of fused-ring (bicyclic) bond motifs is 6. The Morgan fingerprint density at radius 2 is 0.701 bits per heavy atom. The van der Waals surface area contributed by atoms with Crippen molar-refractivity contribution in [1.82, 2.24) is 101 Å². The van der Waals surface area contributed by atoms with E-state index in [0.717, 1.165) is 0 Å². The van der Waals surface area contributed by atoms with Crippen molar-refractivity contribution in [3.63, 3.8) is 0 Å². The number of nitrogens with two attached hydrogens (primary N) is 9. The molecule has 45 N–H and O–H groups in total. The van der Waals surface area contributed by atoms with Gasteiger partial charge in [-0.05, 0) is 195 Å². The van der Waals surface area contributed by atoms with Gasteiger partial charge in [0.2, 0.25) is 76.8 Å². The van der Waals surface area contributed by atoms with Crippen molar-refractivity contribution in [3.8, 4) is 28.7 Å². The number of rotatable bonds is 63. The van der Waals surface area contributed by atoms with Gasteiger partial charge in [-0.15, -0.1) is 0 Å². The summed E-state index contributed by atoms with van der Waals surface area (Å²) in [6.45, 7) is -0.883. The number of carbonyl (C=O) groups excluding carboxylic acids is 15. The second-order valence-electron chi connectivity index (χ2n) is 34.3. The van der Waals surface area contributed by atoms with E-state index < -0.39 is 204 Å². The summed E-state index contributed by atoms with van der Waals surface area (Å²) < 4.78 is 12.2. The fourth-order valence-corrected chi connectivity index (χ4v) is 15.3. The van der Waals surface area contributed by atoms with Crippen LogP contribution in [0.15, 0.2) is 78.9 Å². The van der Waals surface area contributed by atoms with Gasteiger partial charge in [-0.2, -0.15) is 0 Å². The lowest BCUT2D eigenvalue weighted by Crippen LogP contribution is -2.60. The number of phenolic OH excluding ortho intramolecular Hbond substituents is 3. The van der Waals surface area contributed by atoms with Crippen LogP contribution in [0.5, 0.6) is 28.7 Å². The van der Waals surface area contributed by atoms with E-state index in [1.165, 1.54) is 83.8 Å². The number of nitrogens with zero attached hydrogens (tertiary/aromatic N) is 1. The molecule has 788 valence electrons. The van der Waals surface area contributed by atoms with Crippen LogP contribution in [0.3, 0.4) is 0 Å². The fourth-order valence-electron chi connectivity index (χ4n) is 15.3. The summed E-state index contributed by atoms with van der Waals surface area (Å²) in [5, 5.41) is 125. The van der Waals surface area contributed by atoms with Crippen LogP contribution in [0, 0.1) is 32.5 Å². The number of carbonyl (C=O) groups is 15. The topological polar surface area (TPSA) is 932 Å². The lowest BCUT2D eigenvalue weighted by atomic mass is 9.77. The third-order valence-electron chi connectivity index (χ3n) is 22.8.